The molecule has 0 spiro atoms. The van der Waals surface area contributed by atoms with Crippen LogP contribution in [0.4, 0.5) is 0 Å². The predicted molar refractivity (Wildman–Crippen MR) is 79.7 cm³/mol. The molecule has 0 radical (unpaired) electrons. The van der Waals surface area contributed by atoms with Crippen LogP contribution in [0.3, 0.4) is 0 Å². The summed E-state index contributed by atoms with van der Waals surface area (Å²) in [5, 5.41) is 9.15. The lowest BCUT2D eigenvalue weighted by Gasteiger charge is -2.25. The Hall–Kier alpha value is -0.980. The van der Waals surface area contributed by atoms with Gasteiger partial charge in [-0.25, -0.2) is 4.98 Å². The van der Waals surface area contributed by atoms with E-state index in [1.54, 1.807) is 17.5 Å². The van der Waals surface area contributed by atoms with E-state index < -0.39 is 5.54 Å². The van der Waals surface area contributed by atoms with E-state index in [1.165, 1.54) is 0 Å². The molecule has 0 bridgehead atoms. The van der Waals surface area contributed by atoms with Crippen molar-refractivity contribution in [2.45, 2.75) is 44.8 Å². The van der Waals surface area contributed by atoms with Crippen LogP contribution in [0.5, 0.6) is 0 Å². The van der Waals surface area contributed by atoms with Gasteiger partial charge in [-0.15, -0.1) is 11.3 Å². The van der Waals surface area contributed by atoms with E-state index in [-0.39, 0.29) is 5.91 Å². The van der Waals surface area contributed by atoms with Gasteiger partial charge in [-0.05, 0) is 39.8 Å². The standard InChI is InChI=1S/C14H23N3O2S/c1-14(2,13-16-8-10-20-13)17-12(18)5-9-19-11-3-6-15-7-4-11/h8,10-11,15H,3-7,9H2,1-2H3,(H,17,18). The molecule has 0 atom stereocenters. The van der Waals surface area contributed by atoms with Gasteiger partial charge in [0.2, 0.25) is 5.91 Å². The van der Waals surface area contributed by atoms with Crippen molar-refractivity contribution in [2.75, 3.05) is 19.7 Å². The van der Waals surface area contributed by atoms with Crippen LogP contribution in [0.1, 0.15) is 38.1 Å². The topological polar surface area (TPSA) is 63.2 Å². The van der Waals surface area contributed by atoms with Crippen molar-refractivity contribution in [1.82, 2.24) is 15.6 Å². The number of carbonyl (C=O) groups excluding carboxylic acids is 1. The van der Waals surface area contributed by atoms with Crippen LogP contribution in [0.25, 0.3) is 0 Å². The molecule has 1 aromatic rings. The van der Waals surface area contributed by atoms with Crippen molar-refractivity contribution in [1.29, 1.82) is 0 Å². The number of nitrogens with one attached hydrogen (secondary N) is 2. The molecule has 1 fully saturated rings. The fraction of sp³-hybridized carbons (Fsp3) is 0.714. The second-order valence-electron chi connectivity index (χ2n) is 5.58. The van der Waals surface area contributed by atoms with Gasteiger partial charge >= 0.3 is 0 Å². The van der Waals surface area contributed by atoms with Crippen LogP contribution in [-0.2, 0) is 15.1 Å². The lowest BCUT2D eigenvalue weighted by atomic mass is 10.1. The summed E-state index contributed by atoms with van der Waals surface area (Å²) in [7, 11) is 0. The molecule has 2 heterocycles. The summed E-state index contributed by atoms with van der Waals surface area (Å²) in [6.07, 6.45) is 4.53. The molecule has 1 amide bonds. The Morgan fingerprint density at radius 3 is 2.95 bits per heavy atom. The van der Waals surface area contributed by atoms with Gasteiger partial charge in [-0.2, -0.15) is 0 Å². The number of rotatable bonds is 6. The molecule has 0 unspecified atom stereocenters. The molecule has 0 aromatic carbocycles. The minimum atomic E-state index is -0.417. The molecule has 1 aliphatic heterocycles. The van der Waals surface area contributed by atoms with E-state index in [1.807, 2.05) is 19.2 Å². The van der Waals surface area contributed by atoms with Gasteiger partial charge in [0.05, 0.1) is 18.2 Å². The third-order valence-corrected chi connectivity index (χ3v) is 4.48. The summed E-state index contributed by atoms with van der Waals surface area (Å²) in [6.45, 7) is 6.45. The minimum Gasteiger partial charge on any atom is -0.378 e. The third kappa shape index (κ3) is 4.54. The molecule has 6 heteroatoms. The van der Waals surface area contributed by atoms with Gasteiger partial charge in [-0.3, -0.25) is 4.79 Å². The summed E-state index contributed by atoms with van der Waals surface area (Å²) < 4.78 is 5.74. The van der Waals surface area contributed by atoms with Crippen LogP contribution in [0.2, 0.25) is 0 Å². The van der Waals surface area contributed by atoms with Gasteiger partial charge in [0.25, 0.3) is 0 Å². The van der Waals surface area contributed by atoms with Crippen molar-refractivity contribution in [3.8, 4) is 0 Å². The fourth-order valence-electron chi connectivity index (χ4n) is 2.28. The van der Waals surface area contributed by atoms with E-state index in [0.29, 0.717) is 19.1 Å². The number of aromatic nitrogens is 1. The fourth-order valence-corrected chi connectivity index (χ4v) is 3.00. The highest BCUT2D eigenvalue weighted by Crippen LogP contribution is 2.22. The quantitative estimate of drug-likeness (QED) is 0.838. The third-order valence-electron chi connectivity index (χ3n) is 3.39. The number of nitrogens with zero attached hydrogens (tertiary/aromatic N) is 1. The number of amides is 1. The summed E-state index contributed by atoms with van der Waals surface area (Å²) in [4.78, 5) is 16.2. The van der Waals surface area contributed by atoms with Gasteiger partial charge in [-0.1, -0.05) is 0 Å². The van der Waals surface area contributed by atoms with Crippen LogP contribution in [-0.4, -0.2) is 36.7 Å². The molecule has 2 N–H and O–H groups in total. The zero-order valence-corrected chi connectivity index (χ0v) is 13.0. The average Bonchev–Trinajstić information content (AvgIpc) is 2.94. The molecule has 1 aromatic heterocycles. The molecule has 20 heavy (non-hydrogen) atoms. The first-order chi connectivity index (χ1) is 9.58. The first kappa shape index (κ1) is 15.4. The number of ether oxygens (including phenoxy) is 1. The maximum absolute atomic E-state index is 12.0. The Morgan fingerprint density at radius 2 is 2.30 bits per heavy atom. The van der Waals surface area contributed by atoms with Crippen LogP contribution >= 0.6 is 11.3 Å². The molecule has 5 nitrogen and oxygen atoms in total. The van der Waals surface area contributed by atoms with E-state index >= 15 is 0 Å². The molecular weight excluding hydrogens is 274 g/mol. The van der Waals surface area contributed by atoms with Gasteiger partial charge in [0.1, 0.15) is 5.01 Å². The second kappa shape index (κ2) is 7.15. The van der Waals surface area contributed by atoms with E-state index in [0.717, 1.165) is 30.9 Å². The highest BCUT2D eigenvalue weighted by Gasteiger charge is 2.25. The Kier molecular flexibility index (Phi) is 5.51. The van der Waals surface area contributed by atoms with E-state index in [4.69, 9.17) is 4.74 Å². The highest BCUT2D eigenvalue weighted by molar-refractivity contribution is 7.09. The SMILES string of the molecule is CC(C)(NC(=O)CCOC1CCNCC1)c1nccs1. The normalized spacial score (nSPS) is 17.1. The number of piperidine rings is 1. The lowest BCUT2D eigenvalue weighted by molar-refractivity contribution is -0.124. The molecule has 0 saturated carbocycles. The van der Waals surface area contributed by atoms with Crippen molar-refractivity contribution in [2.24, 2.45) is 0 Å². The summed E-state index contributed by atoms with van der Waals surface area (Å²) >= 11 is 1.55. The van der Waals surface area contributed by atoms with Gasteiger partial charge in [0, 0.05) is 18.0 Å². The Bertz CT molecular complexity index is 414. The van der Waals surface area contributed by atoms with Crippen LogP contribution in [0.15, 0.2) is 11.6 Å². The monoisotopic (exact) mass is 297 g/mol. The first-order valence-corrected chi connectivity index (χ1v) is 7.99. The highest BCUT2D eigenvalue weighted by atomic mass is 32.1. The number of hydrogen-bond acceptors (Lipinski definition) is 5. The minimum absolute atomic E-state index is 0.0131. The largest absolute Gasteiger partial charge is 0.378 e. The van der Waals surface area contributed by atoms with Crippen LogP contribution in [0, 0.1) is 0 Å². The lowest BCUT2D eigenvalue weighted by Crippen LogP contribution is -2.41. The average molecular weight is 297 g/mol. The maximum atomic E-state index is 12.0. The number of thiazole rings is 1. The zero-order valence-electron chi connectivity index (χ0n) is 12.1. The Morgan fingerprint density at radius 1 is 1.55 bits per heavy atom. The number of carbonyl (C=O) groups is 1. The maximum Gasteiger partial charge on any atom is 0.223 e. The van der Waals surface area contributed by atoms with Crippen molar-refractivity contribution in [3.63, 3.8) is 0 Å². The molecule has 2 rings (SSSR count). The molecule has 1 saturated heterocycles. The Labute approximate surface area is 124 Å². The second-order valence-corrected chi connectivity index (χ2v) is 6.48. The molecule has 1 aliphatic rings. The summed E-state index contributed by atoms with van der Waals surface area (Å²) in [5.74, 6) is 0.0131. The predicted octanol–water partition coefficient (Wildman–Crippen LogP) is 1.65. The van der Waals surface area contributed by atoms with Crippen molar-refractivity contribution >= 4 is 17.2 Å². The van der Waals surface area contributed by atoms with Crippen molar-refractivity contribution in [3.05, 3.63) is 16.6 Å². The molecule has 112 valence electrons. The number of hydrogen-bond donors (Lipinski definition) is 2. The zero-order chi connectivity index (χ0) is 14.4. The van der Waals surface area contributed by atoms with Crippen LogP contribution < -0.4 is 10.6 Å². The first-order valence-electron chi connectivity index (χ1n) is 7.11. The van der Waals surface area contributed by atoms with Gasteiger partial charge in [0.15, 0.2) is 0 Å². The Balaban J connectivity index is 1.69. The van der Waals surface area contributed by atoms with Gasteiger partial charge < -0.3 is 15.4 Å². The molecular formula is C14H23N3O2S. The van der Waals surface area contributed by atoms with E-state index in [9.17, 15) is 4.79 Å². The smallest absolute Gasteiger partial charge is 0.223 e. The van der Waals surface area contributed by atoms with Crippen molar-refractivity contribution < 1.29 is 9.53 Å². The summed E-state index contributed by atoms with van der Waals surface area (Å²) in [5.41, 5.74) is -0.417. The summed E-state index contributed by atoms with van der Waals surface area (Å²) in [6, 6.07) is 0. The van der Waals surface area contributed by atoms with E-state index in [2.05, 4.69) is 15.6 Å². The molecule has 0 aliphatic carbocycles.